The van der Waals surface area contributed by atoms with Gasteiger partial charge in [0.2, 0.25) is 0 Å². The van der Waals surface area contributed by atoms with Gasteiger partial charge in [-0.3, -0.25) is 9.59 Å². The Kier molecular flexibility index (Phi) is 5.94. The molecule has 27 heavy (non-hydrogen) atoms. The van der Waals surface area contributed by atoms with Gasteiger partial charge in [0.05, 0.1) is 6.26 Å². The molecule has 3 aromatic rings. The minimum atomic E-state index is -0.365. The second kappa shape index (κ2) is 8.56. The van der Waals surface area contributed by atoms with Crippen molar-refractivity contribution in [3.8, 4) is 0 Å². The minimum absolute atomic E-state index is 0.119. The van der Waals surface area contributed by atoms with Crippen molar-refractivity contribution in [2.75, 3.05) is 11.9 Å². The van der Waals surface area contributed by atoms with Crippen molar-refractivity contribution in [1.82, 2.24) is 4.90 Å². The van der Waals surface area contributed by atoms with Crippen molar-refractivity contribution < 1.29 is 14.0 Å². The second-order valence-corrected chi connectivity index (χ2v) is 6.40. The number of amides is 2. The van der Waals surface area contributed by atoms with Crippen molar-refractivity contribution >= 4 is 29.1 Å². The summed E-state index contributed by atoms with van der Waals surface area (Å²) >= 11 is 6.03. The summed E-state index contributed by atoms with van der Waals surface area (Å²) in [7, 11) is 0. The number of halogens is 1. The van der Waals surface area contributed by atoms with E-state index in [1.54, 1.807) is 47.4 Å². The molecule has 3 rings (SSSR count). The smallest absolute Gasteiger partial charge is 0.291 e. The van der Waals surface area contributed by atoms with Crippen LogP contribution in [0, 0.1) is 0 Å². The zero-order chi connectivity index (χ0) is 19.2. The van der Waals surface area contributed by atoms with Crippen LogP contribution in [0.2, 0.25) is 5.02 Å². The van der Waals surface area contributed by atoms with E-state index in [0.717, 1.165) is 5.56 Å². The van der Waals surface area contributed by atoms with Gasteiger partial charge >= 0.3 is 0 Å². The fourth-order valence-electron chi connectivity index (χ4n) is 2.70. The van der Waals surface area contributed by atoms with E-state index in [1.807, 2.05) is 25.1 Å². The standard InChI is InChI=1S/C21H19ClN2O3/c1-2-24(14-15-6-3-8-17(22)12-15)21(26)16-7-4-9-18(13-16)23-20(25)19-10-5-11-27-19/h3-13H,2,14H2,1H3,(H,23,25). The van der Waals surface area contributed by atoms with Crippen molar-refractivity contribution in [1.29, 1.82) is 0 Å². The van der Waals surface area contributed by atoms with Gasteiger partial charge in [0.15, 0.2) is 5.76 Å². The monoisotopic (exact) mass is 382 g/mol. The molecular formula is C21H19ClN2O3. The number of hydrogen-bond donors (Lipinski definition) is 1. The molecule has 0 aliphatic rings. The van der Waals surface area contributed by atoms with E-state index in [0.29, 0.717) is 29.4 Å². The number of rotatable bonds is 6. The van der Waals surface area contributed by atoms with E-state index in [4.69, 9.17) is 16.0 Å². The third-order valence-corrected chi connectivity index (χ3v) is 4.28. The second-order valence-electron chi connectivity index (χ2n) is 5.96. The Hall–Kier alpha value is -3.05. The molecule has 2 amide bonds. The van der Waals surface area contributed by atoms with Gasteiger partial charge in [0.25, 0.3) is 11.8 Å². The van der Waals surface area contributed by atoms with Gasteiger partial charge in [-0.05, 0) is 55.0 Å². The summed E-state index contributed by atoms with van der Waals surface area (Å²) < 4.78 is 5.08. The number of hydrogen-bond acceptors (Lipinski definition) is 3. The Morgan fingerprint density at radius 3 is 2.59 bits per heavy atom. The number of nitrogens with one attached hydrogen (secondary N) is 1. The molecule has 0 saturated carbocycles. The number of furan rings is 1. The third-order valence-electron chi connectivity index (χ3n) is 4.04. The average molecular weight is 383 g/mol. The fraction of sp³-hybridized carbons (Fsp3) is 0.143. The maximum atomic E-state index is 12.9. The maximum Gasteiger partial charge on any atom is 0.291 e. The molecule has 0 fully saturated rings. The lowest BCUT2D eigenvalue weighted by atomic mass is 10.1. The summed E-state index contributed by atoms with van der Waals surface area (Å²) in [6, 6.07) is 17.5. The predicted molar refractivity (Wildman–Crippen MR) is 105 cm³/mol. The molecular weight excluding hydrogens is 364 g/mol. The first-order valence-corrected chi connectivity index (χ1v) is 8.93. The molecule has 0 bridgehead atoms. The number of benzene rings is 2. The minimum Gasteiger partial charge on any atom is -0.459 e. The van der Waals surface area contributed by atoms with Gasteiger partial charge in [-0.2, -0.15) is 0 Å². The molecule has 0 saturated heterocycles. The topological polar surface area (TPSA) is 62.6 Å². The quantitative estimate of drug-likeness (QED) is 0.663. The van der Waals surface area contributed by atoms with Crippen LogP contribution < -0.4 is 5.32 Å². The molecule has 0 atom stereocenters. The first-order valence-electron chi connectivity index (χ1n) is 8.55. The first-order chi connectivity index (χ1) is 13.1. The van der Waals surface area contributed by atoms with E-state index in [1.165, 1.54) is 6.26 Å². The van der Waals surface area contributed by atoms with Gasteiger partial charge in [-0.25, -0.2) is 0 Å². The number of carbonyl (C=O) groups excluding carboxylic acids is 2. The molecule has 0 aliphatic carbocycles. The van der Waals surface area contributed by atoms with Crippen molar-refractivity contribution in [3.05, 3.63) is 88.8 Å². The van der Waals surface area contributed by atoms with Gasteiger partial charge < -0.3 is 14.6 Å². The zero-order valence-corrected chi connectivity index (χ0v) is 15.6. The Bertz CT molecular complexity index is 938. The fourth-order valence-corrected chi connectivity index (χ4v) is 2.91. The normalized spacial score (nSPS) is 10.4. The molecule has 6 heteroatoms. The highest BCUT2D eigenvalue weighted by Gasteiger charge is 2.16. The zero-order valence-electron chi connectivity index (χ0n) is 14.8. The van der Waals surface area contributed by atoms with Crippen LogP contribution in [0.25, 0.3) is 0 Å². The molecule has 0 unspecified atom stereocenters. The Morgan fingerprint density at radius 1 is 1.07 bits per heavy atom. The van der Waals surface area contributed by atoms with Gasteiger partial charge in [0.1, 0.15) is 0 Å². The third kappa shape index (κ3) is 4.77. The highest BCUT2D eigenvalue weighted by atomic mass is 35.5. The van der Waals surface area contributed by atoms with Crippen molar-refractivity contribution in [2.24, 2.45) is 0 Å². The van der Waals surface area contributed by atoms with Crippen LogP contribution in [0.15, 0.2) is 71.3 Å². The Morgan fingerprint density at radius 2 is 1.89 bits per heavy atom. The van der Waals surface area contributed by atoms with Gasteiger partial charge in [-0.1, -0.05) is 29.8 Å². The van der Waals surface area contributed by atoms with Crippen LogP contribution in [0.3, 0.4) is 0 Å². The molecule has 0 spiro atoms. The van der Waals surface area contributed by atoms with E-state index in [2.05, 4.69) is 5.32 Å². The molecule has 0 aliphatic heterocycles. The summed E-state index contributed by atoms with van der Waals surface area (Å²) in [5.74, 6) is -0.273. The van der Waals surface area contributed by atoms with Crippen molar-refractivity contribution in [2.45, 2.75) is 13.5 Å². The van der Waals surface area contributed by atoms with Gasteiger partial charge in [-0.15, -0.1) is 0 Å². The highest BCUT2D eigenvalue weighted by Crippen LogP contribution is 2.17. The average Bonchev–Trinajstić information content (AvgIpc) is 3.21. The molecule has 1 N–H and O–H groups in total. The van der Waals surface area contributed by atoms with E-state index < -0.39 is 0 Å². The molecule has 2 aromatic carbocycles. The summed E-state index contributed by atoms with van der Waals surface area (Å²) in [6.45, 7) is 2.93. The Balaban J connectivity index is 1.74. The predicted octanol–water partition coefficient (Wildman–Crippen LogP) is 4.85. The number of nitrogens with zero attached hydrogens (tertiary/aromatic N) is 1. The summed E-state index contributed by atoms with van der Waals surface area (Å²) in [5, 5.41) is 3.37. The van der Waals surface area contributed by atoms with Crippen LogP contribution in [-0.4, -0.2) is 23.3 Å². The summed E-state index contributed by atoms with van der Waals surface area (Å²) in [6.07, 6.45) is 1.43. The van der Waals surface area contributed by atoms with Crippen LogP contribution in [-0.2, 0) is 6.54 Å². The van der Waals surface area contributed by atoms with Crippen LogP contribution in [0.1, 0.15) is 33.4 Å². The lowest BCUT2D eigenvalue weighted by Gasteiger charge is -2.21. The van der Waals surface area contributed by atoms with Crippen LogP contribution >= 0.6 is 11.6 Å². The molecule has 1 heterocycles. The summed E-state index contributed by atoms with van der Waals surface area (Å²) in [5.41, 5.74) is 1.98. The van der Waals surface area contributed by atoms with Crippen molar-refractivity contribution in [3.63, 3.8) is 0 Å². The van der Waals surface area contributed by atoms with E-state index in [-0.39, 0.29) is 17.6 Å². The summed E-state index contributed by atoms with van der Waals surface area (Å²) in [4.78, 5) is 26.7. The molecule has 5 nitrogen and oxygen atoms in total. The lowest BCUT2D eigenvalue weighted by molar-refractivity contribution is 0.0752. The lowest BCUT2D eigenvalue weighted by Crippen LogP contribution is -2.30. The number of anilines is 1. The SMILES string of the molecule is CCN(Cc1cccc(Cl)c1)C(=O)c1cccc(NC(=O)c2ccco2)c1. The van der Waals surface area contributed by atoms with Gasteiger partial charge in [0, 0.05) is 29.4 Å². The van der Waals surface area contributed by atoms with Crippen LogP contribution in [0.5, 0.6) is 0 Å². The van der Waals surface area contributed by atoms with E-state index in [9.17, 15) is 9.59 Å². The molecule has 1 aromatic heterocycles. The Labute approximate surface area is 162 Å². The highest BCUT2D eigenvalue weighted by molar-refractivity contribution is 6.30. The number of carbonyl (C=O) groups is 2. The largest absolute Gasteiger partial charge is 0.459 e. The van der Waals surface area contributed by atoms with E-state index >= 15 is 0 Å². The molecule has 0 radical (unpaired) electrons. The maximum absolute atomic E-state index is 12.9. The van der Waals surface area contributed by atoms with Crippen LogP contribution in [0.4, 0.5) is 5.69 Å². The molecule has 138 valence electrons. The first kappa shape index (κ1) is 18.7.